The van der Waals surface area contributed by atoms with Crippen molar-refractivity contribution in [2.45, 2.75) is 6.04 Å². The summed E-state index contributed by atoms with van der Waals surface area (Å²) < 4.78 is 35.6. The minimum Gasteiger partial charge on any atom is -0.493 e. The number of hydrogen-bond acceptors (Lipinski definition) is 9. The molecule has 0 saturated carbocycles. The van der Waals surface area contributed by atoms with E-state index in [2.05, 4.69) is 15.0 Å². The van der Waals surface area contributed by atoms with Gasteiger partial charge in [-0.05, 0) is 35.7 Å². The van der Waals surface area contributed by atoms with Gasteiger partial charge in [0.2, 0.25) is 0 Å². The van der Waals surface area contributed by atoms with E-state index in [9.17, 15) is 4.39 Å². The maximum absolute atomic E-state index is 13.3. The molecule has 0 radical (unpaired) electrons. The van der Waals surface area contributed by atoms with E-state index in [0.29, 0.717) is 40.1 Å². The van der Waals surface area contributed by atoms with Gasteiger partial charge in [0.1, 0.15) is 36.3 Å². The number of rotatable bonds is 9. The fourth-order valence-electron chi connectivity index (χ4n) is 4.06. The molecule has 0 bridgehead atoms. The van der Waals surface area contributed by atoms with Crippen molar-refractivity contribution in [3.05, 3.63) is 72.9 Å². The van der Waals surface area contributed by atoms with Gasteiger partial charge in [0.05, 0.1) is 37.7 Å². The highest BCUT2D eigenvalue weighted by atomic mass is 19.1. The molecule has 0 spiro atoms. The van der Waals surface area contributed by atoms with Crippen molar-refractivity contribution in [3.8, 4) is 34.3 Å². The Labute approximate surface area is 218 Å². The molecule has 3 aromatic heterocycles. The average Bonchev–Trinajstić information content (AvgIpc) is 2.94. The van der Waals surface area contributed by atoms with Crippen LogP contribution in [0.15, 0.2) is 67.1 Å². The summed E-state index contributed by atoms with van der Waals surface area (Å²) in [6.45, 7) is 0.334. The second kappa shape index (κ2) is 10.7. The van der Waals surface area contributed by atoms with Crippen LogP contribution in [0.1, 0.15) is 0 Å². The number of aromatic nitrogens is 3. The first kappa shape index (κ1) is 25.0. The maximum atomic E-state index is 13.3. The zero-order valence-corrected chi connectivity index (χ0v) is 20.8. The number of ether oxygens (including phenoxy) is 4. The van der Waals surface area contributed by atoms with Gasteiger partial charge < -0.3 is 30.4 Å². The predicted molar refractivity (Wildman–Crippen MR) is 143 cm³/mol. The molecule has 3 heterocycles. The molecule has 4 N–H and O–H groups in total. The summed E-state index contributed by atoms with van der Waals surface area (Å²) in [6, 6.07) is 12.9. The van der Waals surface area contributed by atoms with Gasteiger partial charge in [0.15, 0.2) is 11.5 Å². The zero-order valence-electron chi connectivity index (χ0n) is 20.8. The molecular formula is C28H26FN5O4. The Morgan fingerprint density at radius 2 is 1.61 bits per heavy atom. The number of hydrogen-bond donors (Lipinski definition) is 2. The van der Waals surface area contributed by atoms with E-state index in [4.69, 9.17) is 30.4 Å². The van der Waals surface area contributed by atoms with Crippen LogP contribution in [0.25, 0.3) is 32.9 Å². The lowest BCUT2D eigenvalue weighted by molar-refractivity contribution is 0.219. The van der Waals surface area contributed by atoms with Crippen molar-refractivity contribution in [3.63, 3.8) is 0 Å². The largest absolute Gasteiger partial charge is 0.493 e. The summed E-state index contributed by atoms with van der Waals surface area (Å²) in [5.41, 5.74) is 14.5. The Bertz CT molecular complexity index is 1610. The molecule has 0 aliphatic carbocycles. The standard InChI is InChI=1S/C28H26FN5O4/c1-35-26-9-22-21-8-24(34-28(31)23(21)13-33-25(22)10-27(26)36-2)16-6-20(12-32-11-16)38-15-18(30)14-37-19-5-3-4-17(29)7-19/h3-13,18H,14-15,30H2,1-2H3,(H2,31,34)/t18-/m1/s1. The van der Waals surface area contributed by atoms with Crippen molar-refractivity contribution in [1.82, 2.24) is 15.0 Å². The van der Waals surface area contributed by atoms with Gasteiger partial charge in [-0.1, -0.05) is 6.07 Å². The van der Waals surface area contributed by atoms with Crippen molar-refractivity contribution in [2.75, 3.05) is 33.2 Å². The monoisotopic (exact) mass is 515 g/mol. The number of methoxy groups -OCH3 is 2. The lowest BCUT2D eigenvalue weighted by Crippen LogP contribution is -2.34. The molecule has 1 atom stereocenters. The van der Waals surface area contributed by atoms with Crippen LogP contribution < -0.4 is 30.4 Å². The molecule has 0 amide bonds. The summed E-state index contributed by atoms with van der Waals surface area (Å²) in [7, 11) is 3.16. The highest BCUT2D eigenvalue weighted by Crippen LogP contribution is 2.37. The smallest absolute Gasteiger partial charge is 0.162 e. The number of pyridine rings is 3. The molecule has 0 saturated heterocycles. The number of halogens is 1. The summed E-state index contributed by atoms with van der Waals surface area (Å²) in [5.74, 6) is 2.05. The van der Waals surface area contributed by atoms with Crippen LogP contribution >= 0.6 is 0 Å². The Kier molecular flexibility index (Phi) is 7.05. The van der Waals surface area contributed by atoms with Crippen LogP contribution in [-0.4, -0.2) is 48.4 Å². The Balaban J connectivity index is 1.38. The van der Waals surface area contributed by atoms with Gasteiger partial charge in [-0.3, -0.25) is 9.97 Å². The second-order valence-corrected chi connectivity index (χ2v) is 8.59. The van der Waals surface area contributed by atoms with E-state index < -0.39 is 6.04 Å². The van der Waals surface area contributed by atoms with Gasteiger partial charge in [0.25, 0.3) is 0 Å². The van der Waals surface area contributed by atoms with Crippen LogP contribution in [0.4, 0.5) is 10.2 Å². The Morgan fingerprint density at radius 3 is 2.37 bits per heavy atom. The van der Waals surface area contributed by atoms with Crippen LogP contribution in [0.5, 0.6) is 23.0 Å². The van der Waals surface area contributed by atoms with E-state index in [1.807, 2.05) is 24.3 Å². The quantitative estimate of drug-likeness (QED) is 0.275. The first-order valence-electron chi connectivity index (χ1n) is 11.8. The van der Waals surface area contributed by atoms with E-state index in [1.54, 1.807) is 44.9 Å². The minimum absolute atomic E-state index is 0.161. The summed E-state index contributed by atoms with van der Waals surface area (Å²) in [5, 5.41) is 2.43. The highest BCUT2D eigenvalue weighted by molar-refractivity contribution is 6.10. The minimum atomic E-state index is -0.442. The maximum Gasteiger partial charge on any atom is 0.162 e. The van der Waals surface area contributed by atoms with Crippen LogP contribution in [0.2, 0.25) is 0 Å². The van der Waals surface area contributed by atoms with E-state index >= 15 is 0 Å². The molecule has 9 nitrogen and oxygen atoms in total. The van der Waals surface area contributed by atoms with Gasteiger partial charge in [-0.25, -0.2) is 9.37 Å². The fourth-order valence-corrected chi connectivity index (χ4v) is 4.06. The summed E-state index contributed by atoms with van der Waals surface area (Å²) in [6.07, 6.45) is 4.96. The molecule has 0 unspecified atom stereocenters. The van der Waals surface area contributed by atoms with Gasteiger partial charge in [0, 0.05) is 40.9 Å². The molecule has 5 rings (SSSR count). The number of benzene rings is 2. The number of nitrogens with two attached hydrogens (primary N) is 2. The summed E-state index contributed by atoms with van der Waals surface area (Å²) >= 11 is 0. The summed E-state index contributed by atoms with van der Waals surface area (Å²) in [4.78, 5) is 13.4. The third-order valence-electron chi connectivity index (χ3n) is 5.95. The van der Waals surface area contributed by atoms with E-state index in [0.717, 1.165) is 21.7 Å². The molecular weight excluding hydrogens is 489 g/mol. The molecule has 0 aliphatic rings. The highest BCUT2D eigenvalue weighted by Gasteiger charge is 2.14. The van der Waals surface area contributed by atoms with E-state index in [-0.39, 0.29) is 19.0 Å². The molecule has 0 fully saturated rings. The average molecular weight is 516 g/mol. The topological polar surface area (TPSA) is 128 Å². The van der Waals surface area contributed by atoms with Crippen LogP contribution in [0, 0.1) is 5.82 Å². The van der Waals surface area contributed by atoms with Crippen molar-refractivity contribution < 1.29 is 23.3 Å². The van der Waals surface area contributed by atoms with Gasteiger partial charge >= 0.3 is 0 Å². The second-order valence-electron chi connectivity index (χ2n) is 8.59. The Hall–Kier alpha value is -4.70. The molecule has 10 heteroatoms. The van der Waals surface area contributed by atoms with Crippen LogP contribution in [0.3, 0.4) is 0 Å². The van der Waals surface area contributed by atoms with Crippen LogP contribution in [-0.2, 0) is 0 Å². The fraction of sp³-hybridized carbons (Fsp3) is 0.179. The van der Waals surface area contributed by atoms with Gasteiger partial charge in [-0.2, -0.15) is 0 Å². The molecule has 5 aromatic rings. The first-order chi connectivity index (χ1) is 18.4. The molecule has 0 aliphatic heterocycles. The number of nitrogens with zero attached hydrogens (tertiary/aromatic N) is 3. The zero-order chi connectivity index (χ0) is 26.6. The number of fused-ring (bicyclic) bond motifs is 3. The first-order valence-corrected chi connectivity index (χ1v) is 11.8. The lowest BCUT2D eigenvalue weighted by atomic mass is 10.0. The Morgan fingerprint density at radius 1 is 0.842 bits per heavy atom. The van der Waals surface area contributed by atoms with Crippen molar-refractivity contribution in [2.24, 2.45) is 5.73 Å². The number of nitrogen functional groups attached to an aromatic ring is 1. The number of anilines is 1. The van der Waals surface area contributed by atoms with Gasteiger partial charge in [-0.15, -0.1) is 0 Å². The van der Waals surface area contributed by atoms with Crippen molar-refractivity contribution in [1.29, 1.82) is 0 Å². The third-order valence-corrected chi connectivity index (χ3v) is 5.95. The molecule has 2 aromatic carbocycles. The van der Waals surface area contributed by atoms with Crippen molar-refractivity contribution >= 4 is 27.5 Å². The third kappa shape index (κ3) is 5.21. The van der Waals surface area contributed by atoms with E-state index in [1.165, 1.54) is 12.1 Å². The molecule has 38 heavy (non-hydrogen) atoms. The predicted octanol–water partition coefficient (Wildman–Crippen LogP) is 4.37. The molecule has 194 valence electrons. The normalized spacial score (nSPS) is 11.9. The lowest BCUT2D eigenvalue weighted by Gasteiger charge is -2.15. The SMILES string of the molecule is COc1cc2ncc3c(N)nc(-c4cncc(OC[C@H](N)COc5cccc(F)c5)c4)cc3c2cc1OC.